The third-order valence-electron chi connectivity index (χ3n) is 3.99. The molecule has 0 spiro atoms. The van der Waals surface area contributed by atoms with Crippen molar-refractivity contribution in [2.24, 2.45) is 0 Å². The summed E-state index contributed by atoms with van der Waals surface area (Å²) in [5.41, 5.74) is 0. The second kappa shape index (κ2) is 8.54. The van der Waals surface area contributed by atoms with Crippen molar-refractivity contribution in [3.8, 4) is 11.5 Å². The van der Waals surface area contributed by atoms with Crippen molar-refractivity contribution in [1.82, 2.24) is 0 Å². The Morgan fingerprint density at radius 3 is 1.88 bits per heavy atom. The lowest BCUT2D eigenvalue weighted by Crippen LogP contribution is -2.36. The number of benzene rings is 2. The summed E-state index contributed by atoms with van der Waals surface area (Å²) in [5, 5.41) is 0. The number of hydrogen-bond donors (Lipinski definition) is 0. The summed E-state index contributed by atoms with van der Waals surface area (Å²) in [6.45, 7) is 0. The molecule has 0 saturated heterocycles. The highest BCUT2D eigenvalue weighted by Crippen LogP contribution is 2.26. The van der Waals surface area contributed by atoms with Gasteiger partial charge in [-0.1, -0.05) is 6.08 Å². The van der Waals surface area contributed by atoms with Crippen LogP contribution in [0.3, 0.4) is 0 Å². The molecule has 1 aliphatic carbocycles. The molecule has 4 heteroatoms. The first-order valence-electron chi connectivity index (χ1n) is 8.06. The largest absolute Gasteiger partial charge is 0.486 e. The fourth-order valence-corrected chi connectivity index (χ4v) is 3.48. The van der Waals surface area contributed by atoms with Crippen LogP contribution in [0.5, 0.6) is 11.5 Å². The van der Waals surface area contributed by atoms with Gasteiger partial charge in [0, 0.05) is 9.79 Å². The van der Waals surface area contributed by atoms with Crippen molar-refractivity contribution >= 4 is 23.5 Å². The van der Waals surface area contributed by atoms with Gasteiger partial charge in [0.15, 0.2) is 6.10 Å². The lowest BCUT2D eigenvalue weighted by molar-refractivity contribution is 0.0721. The fraction of sp³-hybridized carbons (Fsp3) is 0.300. The molecule has 0 N–H and O–H groups in total. The smallest absolute Gasteiger partial charge is 0.154 e. The number of ether oxygens (including phenoxy) is 2. The molecule has 0 bridgehead atoms. The van der Waals surface area contributed by atoms with Gasteiger partial charge in [-0.2, -0.15) is 0 Å². The third-order valence-corrected chi connectivity index (χ3v) is 5.48. The second-order valence-corrected chi connectivity index (χ2v) is 7.35. The maximum absolute atomic E-state index is 6.19. The van der Waals surface area contributed by atoms with E-state index in [0.717, 1.165) is 24.3 Å². The lowest BCUT2D eigenvalue weighted by atomic mass is 10.0. The van der Waals surface area contributed by atoms with E-state index in [2.05, 4.69) is 48.9 Å². The average molecular weight is 359 g/mol. The molecule has 2 nitrogen and oxygen atoms in total. The van der Waals surface area contributed by atoms with Gasteiger partial charge < -0.3 is 9.47 Å². The van der Waals surface area contributed by atoms with E-state index < -0.39 is 0 Å². The molecule has 126 valence electrons. The predicted octanol–water partition coefficient (Wildman–Crippen LogP) is 5.68. The Bertz CT molecular complexity index is 665. The molecule has 2 atom stereocenters. The Morgan fingerprint density at radius 2 is 1.33 bits per heavy atom. The fourth-order valence-electron chi connectivity index (χ4n) is 2.66. The SMILES string of the molecule is CSc1ccc(O[C@H]2C=CCC[C@@H]2Oc2ccc(SC)cc2)cc1. The highest BCUT2D eigenvalue weighted by Gasteiger charge is 2.25. The van der Waals surface area contributed by atoms with Gasteiger partial charge in [-0.3, -0.25) is 0 Å². The molecule has 0 fully saturated rings. The van der Waals surface area contributed by atoms with E-state index in [1.807, 2.05) is 24.3 Å². The molecule has 0 aromatic heterocycles. The first-order chi connectivity index (χ1) is 11.8. The molecule has 3 rings (SSSR count). The van der Waals surface area contributed by atoms with E-state index >= 15 is 0 Å². The van der Waals surface area contributed by atoms with Gasteiger partial charge in [0.25, 0.3) is 0 Å². The van der Waals surface area contributed by atoms with Crippen molar-refractivity contribution in [1.29, 1.82) is 0 Å². The Balaban J connectivity index is 1.67. The minimum Gasteiger partial charge on any atom is -0.486 e. The predicted molar refractivity (Wildman–Crippen MR) is 104 cm³/mol. The van der Waals surface area contributed by atoms with Crippen molar-refractivity contribution < 1.29 is 9.47 Å². The van der Waals surface area contributed by atoms with Crippen molar-refractivity contribution in [2.45, 2.75) is 34.8 Å². The summed E-state index contributed by atoms with van der Waals surface area (Å²) in [6.07, 6.45) is 10.4. The van der Waals surface area contributed by atoms with Crippen molar-refractivity contribution in [3.63, 3.8) is 0 Å². The maximum Gasteiger partial charge on any atom is 0.154 e. The minimum absolute atomic E-state index is 0.0374. The summed E-state index contributed by atoms with van der Waals surface area (Å²) < 4.78 is 12.4. The topological polar surface area (TPSA) is 18.5 Å². The summed E-state index contributed by atoms with van der Waals surface area (Å²) in [6, 6.07) is 16.5. The maximum atomic E-state index is 6.19. The van der Waals surface area contributed by atoms with Crippen LogP contribution in [0.25, 0.3) is 0 Å². The quantitative estimate of drug-likeness (QED) is 0.488. The highest BCUT2D eigenvalue weighted by molar-refractivity contribution is 7.98. The molecular weight excluding hydrogens is 336 g/mol. The molecule has 0 aliphatic heterocycles. The lowest BCUT2D eigenvalue weighted by Gasteiger charge is -2.29. The molecular formula is C20H22O2S2. The number of thioether (sulfide) groups is 2. The number of hydrogen-bond acceptors (Lipinski definition) is 4. The Hall–Kier alpha value is -1.52. The Morgan fingerprint density at radius 1 is 0.792 bits per heavy atom. The van der Waals surface area contributed by atoms with E-state index in [4.69, 9.17) is 9.47 Å². The van der Waals surface area contributed by atoms with E-state index in [0.29, 0.717) is 0 Å². The summed E-state index contributed by atoms with van der Waals surface area (Å²) in [7, 11) is 0. The Labute approximate surface area is 152 Å². The summed E-state index contributed by atoms with van der Waals surface area (Å²) in [5.74, 6) is 1.79. The molecule has 0 unspecified atom stereocenters. The summed E-state index contributed by atoms with van der Waals surface area (Å²) >= 11 is 3.47. The number of rotatable bonds is 6. The van der Waals surface area contributed by atoms with E-state index in [1.54, 1.807) is 23.5 Å². The zero-order valence-electron chi connectivity index (χ0n) is 14.0. The van der Waals surface area contributed by atoms with E-state index in [1.165, 1.54) is 9.79 Å². The van der Waals surface area contributed by atoms with E-state index in [9.17, 15) is 0 Å². The standard InChI is InChI=1S/C20H22O2S2/c1-23-17-11-7-15(8-12-17)21-19-5-3-4-6-20(19)22-16-9-13-18(24-2)14-10-16/h3,5,7-14,19-20H,4,6H2,1-2H3/t19-,20-/m0/s1. The van der Waals surface area contributed by atoms with Crippen LogP contribution in [0, 0.1) is 0 Å². The summed E-state index contributed by atoms with van der Waals surface area (Å²) in [4.78, 5) is 2.48. The normalized spacial score (nSPS) is 19.9. The minimum atomic E-state index is -0.0564. The second-order valence-electron chi connectivity index (χ2n) is 5.60. The van der Waals surface area contributed by atoms with Crippen LogP contribution >= 0.6 is 23.5 Å². The van der Waals surface area contributed by atoms with Crippen LogP contribution < -0.4 is 9.47 Å². The van der Waals surface area contributed by atoms with Gasteiger partial charge in [0.05, 0.1) is 0 Å². The van der Waals surface area contributed by atoms with Crippen LogP contribution in [0.1, 0.15) is 12.8 Å². The third kappa shape index (κ3) is 4.52. The van der Waals surface area contributed by atoms with Crippen molar-refractivity contribution in [2.75, 3.05) is 12.5 Å². The molecule has 0 heterocycles. The van der Waals surface area contributed by atoms with Gasteiger partial charge in [-0.25, -0.2) is 0 Å². The molecule has 24 heavy (non-hydrogen) atoms. The van der Waals surface area contributed by atoms with Gasteiger partial charge in [0.2, 0.25) is 0 Å². The van der Waals surface area contributed by atoms with Crippen LogP contribution in [0.2, 0.25) is 0 Å². The molecule has 2 aromatic carbocycles. The van der Waals surface area contributed by atoms with Crippen LogP contribution in [0.15, 0.2) is 70.5 Å². The monoisotopic (exact) mass is 358 g/mol. The number of allylic oxidation sites excluding steroid dienone is 1. The highest BCUT2D eigenvalue weighted by atomic mass is 32.2. The first-order valence-corrected chi connectivity index (χ1v) is 10.5. The van der Waals surface area contributed by atoms with Gasteiger partial charge in [0.1, 0.15) is 17.6 Å². The van der Waals surface area contributed by atoms with Crippen LogP contribution in [0.4, 0.5) is 0 Å². The molecule has 2 aromatic rings. The Kier molecular flexibility index (Phi) is 6.16. The molecule has 0 radical (unpaired) electrons. The zero-order valence-corrected chi connectivity index (χ0v) is 15.6. The first kappa shape index (κ1) is 17.3. The average Bonchev–Trinajstić information content (AvgIpc) is 2.64. The van der Waals surface area contributed by atoms with Gasteiger partial charge >= 0.3 is 0 Å². The molecule has 0 saturated carbocycles. The van der Waals surface area contributed by atoms with Crippen LogP contribution in [-0.2, 0) is 0 Å². The molecule has 1 aliphatic rings. The molecule has 0 amide bonds. The van der Waals surface area contributed by atoms with Crippen LogP contribution in [-0.4, -0.2) is 24.7 Å². The zero-order chi connectivity index (χ0) is 16.8. The van der Waals surface area contributed by atoms with Gasteiger partial charge in [-0.15, -0.1) is 23.5 Å². The van der Waals surface area contributed by atoms with Crippen molar-refractivity contribution in [3.05, 3.63) is 60.7 Å². The van der Waals surface area contributed by atoms with Gasteiger partial charge in [-0.05, 0) is 80.0 Å². The van der Waals surface area contributed by atoms with E-state index in [-0.39, 0.29) is 12.2 Å².